The number of ether oxygens (including phenoxy) is 2. The Hall–Kier alpha value is -2.55. The summed E-state index contributed by atoms with van der Waals surface area (Å²) in [6, 6.07) is 5.63. The molecule has 24 heavy (non-hydrogen) atoms. The molecule has 1 aromatic heterocycles. The largest absolute Gasteiger partial charge is 0.493 e. The number of benzene rings is 1. The van der Waals surface area contributed by atoms with E-state index in [1.165, 1.54) is 0 Å². The predicted octanol–water partition coefficient (Wildman–Crippen LogP) is 0.633. The summed E-state index contributed by atoms with van der Waals surface area (Å²) in [6.45, 7) is 0.492. The van der Waals surface area contributed by atoms with Crippen molar-refractivity contribution in [2.45, 2.75) is 11.6 Å². The second-order valence-corrected chi connectivity index (χ2v) is 5.68. The van der Waals surface area contributed by atoms with Crippen LogP contribution in [0.25, 0.3) is 0 Å². The first-order valence-corrected chi connectivity index (χ1v) is 8.13. The molecular formula is C15H18N4O4S. The number of H-pyrrole nitrogens is 1. The third-order valence-corrected chi connectivity index (χ3v) is 3.94. The molecule has 128 valence electrons. The van der Waals surface area contributed by atoms with E-state index < -0.39 is 0 Å². The van der Waals surface area contributed by atoms with Gasteiger partial charge in [-0.1, -0.05) is 17.8 Å². The van der Waals surface area contributed by atoms with Crippen molar-refractivity contribution in [3.8, 4) is 11.5 Å². The molecule has 0 aliphatic heterocycles. The van der Waals surface area contributed by atoms with Gasteiger partial charge in [-0.3, -0.25) is 14.6 Å². The number of methoxy groups -OCH3 is 2. The lowest BCUT2D eigenvalue weighted by Crippen LogP contribution is -2.27. The third-order valence-electron chi connectivity index (χ3n) is 3.08. The number of aromatic amines is 1. The van der Waals surface area contributed by atoms with Crippen LogP contribution in [0, 0.1) is 0 Å². The zero-order valence-electron chi connectivity index (χ0n) is 13.4. The van der Waals surface area contributed by atoms with Gasteiger partial charge < -0.3 is 14.8 Å². The van der Waals surface area contributed by atoms with E-state index in [1.54, 1.807) is 14.2 Å². The molecule has 0 bridgehead atoms. The fourth-order valence-electron chi connectivity index (χ4n) is 1.93. The van der Waals surface area contributed by atoms with Crippen molar-refractivity contribution in [1.29, 1.82) is 0 Å². The number of amides is 1. The quantitative estimate of drug-likeness (QED) is 0.673. The average Bonchev–Trinajstić information content (AvgIpc) is 2.60. The maximum atomic E-state index is 11.8. The Bertz CT molecular complexity index is 750. The van der Waals surface area contributed by atoms with Crippen LogP contribution < -0.4 is 20.3 Å². The Morgan fingerprint density at radius 2 is 2.08 bits per heavy atom. The van der Waals surface area contributed by atoms with E-state index in [1.807, 2.05) is 18.2 Å². The second kappa shape index (κ2) is 8.92. The second-order valence-electron chi connectivity index (χ2n) is 4.72. The summed E-state index contributed by atoms with van der Waals surface area (Å²) in [7, 11) is 3.16. The summed E-state index contributed by atoms with van der Waals surface area (Å²) in [5, 5.41) is 10.4. The first kappa shape index (κ1) is 17.8. The summed E-state index contributed by atoms with van der Waals surface area (Å²) in [5.41, 5.74) is 0.681. The summed E-state index contributed by atoms with van der Waals surface area (Å²) < 4.78 is 10.4. The van der Waals surface area contributed by atoms with Crippen LogP contribution in [0.1, 0.15) is 5.56 Å². The van der Waals surface area contributed by atoms with Crippen molar-refractivity contribution in [2.24, 2.45) is 0 Å². The standard InChI is InChI=1S/C15H18N4O4S/c1-22-11-4-3-10(7-12(11)23-2)5-6-16-14(21)9-24-15-18-13(20)8-17-19-15/h3-4,7-8H,5-6,9H2,1-2H3,(H,16,21)(H,18,19,20). The van der Waals surface area contributed by atoms with Crippen LogP contribution in [0.15, 0.2) is 34.3 Å². The van der Waals surface area contributed by atoms with Crippen LogP contribution in [-0.4, -0.2) is 47.6 Å². The van der Waals surface area contributed by atoms with Gasteiger partial charge in [0.1, 0.15) is 6.20 Å². The number of hydrogen-bond donors (Lipinski definition) is 2. The number of thioether (sulfide) groups is 1. The Labute approximate surface area is 143 Å². The highest BCUT2D eigenvalue weighted by Crippen LogP contribution is 2.27. The molecule has 9 heteroatoms. The van der Waals surface area contributed by atoms with Crippen LogP contribution in [0.2, 0.25) is 0 Å². The van der Waals surface area contributed by atoms with Gasteiger partial charge in [-0.2, -0.15) is 5.10 Å². The summed E-state index contributed by atoms with van der Waals surface area (Å²) in [4.78, 5) is 25.4. The monoisotopic (exact) mass is 350 g/mol. The molecule has 0 fully saturated rings. The van der Waals surface area contributed by atoms with E-state index in [-0.39, 0.29) is 17.2 Å². The van der Waals surface area contributed by atoms with Crippen molar-refractivity contribution < 1.29 is 14.3 Å². The molecule has 8 nitrogen and oxygen atoms in total. The lowest BCUT2D eigenvalue weighted by Gasteiger charge is -2.10. The van der Waals surface area contributed by atoms with Crippen molar-refractivity contribution in [3.63, 3.8) is 0 Å². The molecule has 0 aliphatic rings. The zero-order valence-corrected chi connectivity index (χ0v) is 14.2. The first-order valence-electron chi connectivity index (χ1n) is 7.14. The Morgan fingerprint density at radius 3 is 2.79 bits per heavy atom. The molecule has 2 aromatic rings. The van der Waals surface area contributed by atoms with E-state index in [9.17, 15) is 9.59 Å². The number of carbonyl (C=O) groups excluding carboxylic acids is 1. The van der Waals surface area contributed by atoms with Gasteiger partial charge in [0, 0.05) is 6.54 Å². The van der Waals surface area contributed by atoms with Gasteiger partial charge in [-0.25, -0.2) is 0 Å². The van der Waals surface area contributed by atoms with E-state index in [0.29, 0.717) is 29.6 Å². The molecule has 1 amide bonds. The van der Waals surface area contributed by atoms with Crippen LogP contribution in [0.4, 0.5) is 0 Å². The highest BCUT2D eigenvalue weighted by atomic mass is 32.2. The fraction of sp³-hybridized carbons (Fsp3) is 0.333. The van der Waals surface area contributed by atoms with E-state index >= 15 is 0 Å². The van der Waals surface area contributed by atoms with E-state index in [2.05, 4.69) is 20.5 Å². The molecule has 0 radical (unpaired) electrons. The van der Waals surface area contributed by atoms with Gasteiger partial charge in [0.05, 0.1) is 20.0 Å². The molecule has 0 saturated heterocycles. The minimum absolute atomic E-state index is 0.146. The number of rotatable bonds is 8. The Morgan fingerprint density at radius 1 is 1.29 bits per heavy atom. The van der Waals surface area contributed by atoms with Crippen LogP contribution in [-0.2, 0) is 11.2 Å². The molecule has 0 unspecified atom stereocenters. The van der Waals surface area contributed by atoms with E-state index in [4.69, 9.17) is 9.47 Å². The highest BCUT2D eigenvalue weighted by Gasteiger charge is 2.07. The van der Waals surface area contributed by atoms with Gasteiger partial charge in [0.25, 0.3) is 5.56 Å². The molecule has 1 heterocycles. The van der Waals surface area contributed by atoms with Crippen LogP contribution in [0.3, 0.4) is 0 Å². The van der Waals surface area contributed by atoms with Crippen molar-refractivity contribution >= 4 is 17.7 Å². The van der Waals surface area contributed by atoms with Gasteiger partial charge in [-0.15, -0.1) is 5.10 Å². The molecule has 0 atom stereocenters. The molecular weight excluding hydrogens is 332 g/mol. The number of nitrogens with one attached hydrogen (secondary N) is 2. The maximum Gasteiger partial charge on any atom is 0.270 e. The maximum absolute atomic E-state index is 11.8. The van der Waals surface area contributed by atoms with Crippen molar-refractivity contribution in [1.82, 2.24) is 20.5 Å². The number of hydrogen-bond acceptors (Lipinski definition) is 7. The lowest BCUT2D eigenvalue weighted by atomic mass is 10.1. The van der Waals surface area contributed by atoms with Gasteiger partial charge in [-0.05, 0) is 24.1 Å². The highest BCUT2D eigenvalue weighted by molar-refractivity contribution is 7.99. The average molecular weight is 350 g/mol. The van der Waals surface area contributed by atoms with Crippen LogP contribution in [0.5, 0.6) is 11.5 Å². The Balaban J connectivity index is 1.77. The molecule has 0 aliphatic carbocycles. The zero-order chi connectivity index (χ0) is 17.4. The summed E-state index contributed by atoms with van der Waals surface area (Å²) in [5.74, 6) is 1.33. The normalized spacial score (nSPS) is 10.2. The van der Waals surface area contributed by atoms with E-state index in [0.717, 1.165) is 23.5 Å². The number of carbonyl (C=O) groups is 1. The van der Waals surface area contributed by atoms with Gasteiger partial charge >= 0.3 is 0 Å². The molecule has 2 N–H and O–H groups in total. The fourth-order valence-corrected chi connectivity index (χ4v) is 2.58. The molecule has 0 spiro atoms. The topological polar surface area (TPSA) is 106 Å². The smallest absolute Gasteiger partial charge is 0.270 e. The third kappa shape index (κ3) is 5.27. The van der Waals surface area contributed by atoms with Crippen molar-refractivity contribution in [3.05, 3.63) is 40.3 Å². The predicted molar refractivity (Wildman–Crippen MR) is 89.6 cm³/mol. The SMILES string of the molecule is COc1ccc(CCNC(=O)CSc2nncc(=O)[nH]2)cc1OC. The lowest BCUT2D eigenvalue weighted by molar-refractivity contribution is -0.118. The van der Waals surface area contributed by atoms with Crippen molar-refractivity contribution in [2.75, 3.05) is 26.5 Å². The molecule has 2 rings (SSSR count). The van der Waals surface area contributed by atoms with Crippen LogP contribution >= 0.6 is 11.8 Å². The first-order chi connectivity index (χ1) is 11.6. The minimum atomic E-state index is -0.346. The summed E-state index contributed by atoms with van der Waals surface area (Å²) in [6.07, 6.45) is 1.74. The molecule has 0 saturated carbocycles. The Kier molecular flexibility index (Phi) is 6.62. The summed E-state index contributed by atoms with van der Waals surface area (Å²) >= 11 is 1.12. The molecule has 1 aromatic carbocycles. The number of aromatic nitrogens is 3. The number of nitrogens with zero attached hydrogens (tertiary/aromatic N) is 2. The minimum Gasteiger partial charge on any atom is -0.493 e. The van der Waals surface area contributed by atoms with Gasteiger partial charge in [0.2, 0.25) is 5.91 Å². The van der Waals surface area contributed by atoms with Gasteiger partial charge in [0.15, 0.2) is 16.7 Å².